The topological polar surface area (TPSA) is 180 Å². The van der Waals surface area contributed by atoms with Gasteiger partial charge in [0.25, 0.3) is 0 Å². The molecule has 0 aromatic heterocycles. The minimum atomic E-state index is -1.28. The lowest BCUT2D eigenvalue weighted by molar-refractivity contribution is -0.141. The average Bonchev–Trinajstić information content (AvgIpc) is 3.06. The first kappa shape index (κ1) is 36.1. The van der Waals surface area contributed by atoms with Crippen LogP contribution in [0.1, 0.15) is 16.7 Å². The molecule has 0 unspecified atom stereocenters. The van der Waals surface area contributed by atoms with Gasteiger partial charge in [-0.1, -0.05) is 91.0 Å². The lowest BCUT2D eigenvalue weighted by atomic mass is 10.0. The number of rotatable bonds is 17. The number of carbonyl (C=O) groups excluding carboxylic acids is 4. The minimum Gasteiger partial charge on any atom is -0.480 e. The van der Waals surface area contributed by atoms with Gasteiger partial charge in [-0.2, -0.15) is 25.3 Å². The summed E-state index contributed by atoms with van der Waals surface area (Å²) in [5.74, 6) is -3.99. The molecule has 0 heterocycles. The van der Waals surface area contributed by atoms with Gasteiger partial charge in [-0.15, -0.1) is 0 Å². The van der Waals surface area contributed by atoms with E-state index in [1.54, 1.807) is 78.9 Å². The predicted molar refractivity (Wildman–Crippen MR) is 181 cm³/mol. The number of hydrogen-bond acceptors (Lipinski definition) is 8. The van der Waals surface area contributed by atoms with Crippen molar-refractivity contribution in [3.63, 3.8) is 0 Å². The van der Waals surface area contributed by atoms with Crippen molar-refractivity contribution in [1.29, 1.82) is 0 Å². The van der Waals surface area contributed by atoms with E-state index >= 15 is 0 Å². The highest BCUT2D eigenvalue weighted by molar-refractivity contribution is 7.80. The predicted octanol–water partition coefficient (Wildman–Crippen LogP) is 0.925. The fraction of sp³-hybridized carbons (Fsp3) is 0.303. The third-order valence-corrected chi connectivity index (χ3v) is 7.84. The van der Waals surface area contributed by atoms with E-state index in [2.05, 4.69) is 46.5 Å². The van der Waals surface area contributed by atoms with Crippen LogP contribution in [0.2, 0.25) is 0 Å². The molecule has 0 saturated heterocycles. The van der Waals surface area contributed by atoms with Gasteiger partial charge in [-0.25, -0.2) is 4.79 Å². The Morgan fingerprint density at radius 3 is 1.11 bits per heavy atom. The van der Waals surface area contributed by atoms with Crippen LogP contribution in [0.5, 0.6) is 0 Å². The fourth-order valence-electron chi connectivity index (χ4n) is 4.54. The van der Waals surface area contributed by atoms with Crippen LogP contribution in [0.25, 0.3) is 0 Å². The number of nitrogens with one attached hydrogen (secondary N) is 4. The van der Waals surface area contributed by atoms with E-state index in [0.717, 1.165) is 16.7 Å². The maximum Gasteiger partial charge on any atom is 0.327 e. The molecule has 3 aromatic carbocycles. The van der Waals surface area contributed by atoms with E-state index in [0.29, 0.717) is 0 Å². The molecule has 3 aromatic rings. The highest BCUT2D eigenvalue weighted by atomic mass is 32.1. The van der Waals surface area contributed by atoms with Gasteiger partial charge in [0.1, 0.15) is 24.2 Å². The summed E-state index contributed by atoms with van der Waals surface area (Å²) in [5, 5.41) is 20.0. The summed E-state index contributed by atoms with van der Waals surface area (Å²) in [4.78, 5) is 65.2. The molecule has 244 valence electrons. The zero-order valence-corrected chi connectivity index (χ0v) is 26.8. The van der Waals surface area contributed by atoms with Crippen molar-refractivity contribution < 1.29 is 29.1 Å². The van der Waals surface area contributed by atoms with Crippen LogP contribution in [-0.2, 0) is 43.2 Å². The Labute approximate surface area is 278 Å². The first-order valence-corrected chi connectivity index (χ1v) is 15.9. The molecule has 0 aliphatic carbocycles. The molecule has 4 amide bonds. The molecule has 5 atom stereocenters. The highest BCUT2D eigenvalue weighted by Gasteiger charge is 2.32. The number of nitrogens with two attached hydrogens (primary N) is 1. The third-order valence-electron chi connectivity index (χ3n) is 7.08. The van der Waals surface area contributed by atoms with Crippen LogP contribution in [0.4, 0.5) is 0 Å². The quantitative estimate of drug-likeness (QED) is 0.0988. The Kier molecular flexibility index (Phi) is 14.6. The molecule has 0 aliphatic heterocycles. The Bertz CT molecular complexity index is 1450. The number of amides is 4. The highest BCUT2D eigenvalue weighted by Crippen LogP contribution is 2.10. The average molecular weight is 666 g/mol. The van der Waals surface area contributed by atoms with Crippen LogP contribution in [0.3, 0.4) is 0 Å². The zero-order chi connectivity index (χ0) is 33.5. The van der Waals surface area contributed by atoms with Gasteiger partial charge >= 0.3 is 5.97 Å². The Balaban J connectivity index is 1.90. The van der Waals surface area contributed by atoms with Crippen molar-refractivity contribution in [2.75, 3.05) is 11.5 Å². The van der Waals surface area contributed by atoms with E-state index in [1.165, 1.54) is 0 Å². The second-order valence-electron chi connectivity index (χ2n) is 10.6. The van der Waals surface area contributed by atoms with Crippen LogP contribution >= 0.6 is 25.3 Å². The summed E-state index contributed by atoms with van der Waals surface area (Å²) < 4.78 is 0. The molecular formula is C33H39N5O6S2. The fourth-order valence-corrected chi connectivity index (χ4v) is 4.95. The van der Waals surface area contributed by atoms with Crippen LogP contribution in [0, 0.1) is 0 Å². The molecule has 0 saturated carbocycles. The number of carbonyl (C=O) groups is 5. The molecule has 13 heteroatoms. The summed E-state index contributed by atoms with van der Waals surface area (Å²) in [6, 6.07) is 21.3. The van der Waals surface area contributed by atoms with E-state index < -0.39 is 59.8 Å². The molecule has 7 N–H and O–H groups in total. The summed E-state index contributed by atoms with van der Waals surface area (Å²) in [5.41, 5.74) is 8.07. The molecule has 11 nitrogen and oxygen atoms in total. The van der Waals surface area contributed by atoms with Gasteiger partial charge in [0, 0.05) is 30.8 Å². The SMILES string of the molecule is N[C@@H](CS)C(=O)N[C@@H](Cc1ccccc1)C(=O)N[C@@H](Cc1ccccc1)C(=O)N[C@@H](Cc1ccccc1)C(=O)N[C@@H](CS)C(=O)O. The van der Waals surface area contributed by atoms with Crippen LogP contribution in [0.15, 0.2) is 91.0 Å². The second-order valence-corrected chi connectivity index (χ2v) is 11.4. The van der Waals surface area contributed by atoms with E-state index in [4.69, 9.17) is 5.73 Å². The number of thiol groups is 2. The first-order valence-electron chi connectivity index (χ1n) is 14.6. The largest absolute Gasteiger partial charge is 0.480 e. The standard InChI is InChI=1S/C33H39N5O6S2/c34-24(19-45)29(39)35-25(16-21-10-4-1-5-11-21)30(40)36-26(17-22-12-6-2-7-13-22)31(41)37-27(18-23-14-8-3-9-15-23)32(42)38-28(20-46)33(43)44/h1-15,24-28,45-46H,16-20,34H2,(H,35,39)(H,36,40)(H,37,41)(H,38,42)(H,43,44)/t24-,25-,26-,27-,28-/m0/s1. The Morgan fingerprint density at radius 2 is 0.826 bits per heavy atom. The molecule has 46 heavy (non-hydrogen) atoms. The molecule has 0 aliphatic rings. The van der Waals surface area contributed by atoms with E-state index in [-0.39, 0.29) is 30.8 Å². The van der Waals surface area contributed by atoms with Crippen molar-refractivity contribution in [3.8, 4) is 0 Å². The van der Waals surface area contributed by atoms with Gasteiger partial charge < -0.3 is 32.1 Å². The van der Waals surface area contributed by atoms with E-state index in [1.807, 2.05) is 12.1 Å². The van der Waals surface area contributed by atoms with Crippen molar-refractivity contribution in [2.24, 2.45) is 5.73 Å². The van der Waals surface area contributed by atoms with Gasteiger partial charge in [-0.3, -0.25) is 19.2 Å². The monoisotopic (exact) mass is 665 g/mol. The summed E-state index contributed by atoms with van der Waals surface area (Å²) in [6.07, 6.45) is 0.239. The van der Waals surface area contributed by atoms with Crippen molar-refractivity contribution >= 4 is 54.9 Å². The number of benzene rings is 3. The normalized spacial score (nSPS) is 14.1. The van der Waals surface area contributed by atoms with Crippen molar-refractivity contribution in [1.82, 2.24) is 21.3 Å². The molecule has 0 fully saturated rings. The third kappa shape index (κ3) is 11.5. The van der Waals surface area contributed by atoms with Gasteiger partial charge in [0.05, 0.1) is 6.04 Å². The molecular weight excluding hydrogens is 627 g/mol. The summed E-state index contributed by atoms with van der Waals surface area (Å²) >= 11 is 8.10. The van der Waals surface area contributed by atoms with Gasteiger partial charge in [0.2, 0.25) is 23.6 Å². The maximum atomic E-state index is 13.9. The van der Waals surface area contributed by atoms with Crippen molar-refractivity contribution in [2.45, 2.75) is 49.5 Å². The molecule has 0 radical (unpaired) electrons. The molecule has 3 rings (SSSR count). The van der Waals surface area contributed by atoms with Gasteiger partial charge in [0.15, 0.2) is 0 Å². The summed E-state index contributed by atoms with van der Waals surface area (Å²) in [6.45, 7) is 0. The number of carboxylic acids is 1. The molecule has 0 spiro atoms. The Hall–Kier alpha value is -4.33. The van der Waals surface area contributed by atoms with Gasteiger partial charge in [-0.05, 0) is 16.7 Å². The lowest BCUT2D eigenvalue weighted by Gasteiger charge is -2.26. The Morgan fingerprint density at radius 1 is 0.522 bits per heavy atom. The smallest absolute Gasteiger partial charge is 0.327 e. The zero-order valence-electron chi connectivity index (χ0n) is 25.0. The molecule has 0 bridgehead atoms. The number of carboxylic acid groups (broad SMARTS) is 1. The lowest BCUT2D eigenvalue weighted by Crippen LogP contribution is -2.59. The van der Waals surface area contributed by atoms with Crippen molar-refractivity contribution in [3.05, 3.63) is 108 Å². The summed E-state index contributed by atoms with van der Waals surface area (Å²) in [7, 11) is 0. The van der Waals surface area contributed by atoms with E-state index in [9.17, 15) is 29.1 Å². The minimum absolute atomic E-state index is 0.0532. The first-order chi connectivity index (χ1) is 22.1. The second kappa shape index (κ2) is 18.6. The van der Waals surface area contributed by atoms with Crippen LogP contribution in [-0.4, -0.2) is 76.4 Å². The number of aliphatic carboxylic acids is 1. The van der Waals surface area contributed by atoms with Crippen LogP contribution < -0.4 is 27.0 Å². The number of hydrogen-bond donors (Lipinski definition) is 8. The maximum absolute atomic E-state index is 13.9.